The summed E-state index contributed by atoms with van der Waals surface area (Å²) in [6.07, 6.45) is 0. The highest BCUT2D eigenvalue weighted by atomic mass is 35.5. The number of halogens is 1. The Morgan fingerprint density at radius 3 is 2.52 bits per heavy atom. The van der Waals surface area contributed by atoms with Crippen LogP contribution in [0.2, 0.25) is 5.02 Å². The maximum absolute atomic E-state index is 12.3. The number of benzene rings is 2. The van der Waals surface area contributed by atoms with Crippen molar-refractivity contribution in [1.82, 2.24) is 9.17 Å². The van der Waals surface area contributed by atoms with Gasteiger partial charge in [-0.1, -0.05) is 11.6 Å². The van der Waals surface area contributed by atoms with Gasteiger partial charge in [0, 0.05) is 10.6 Å². The van der Waals surface area contributed by atoms with E-state index in [9.17, 15) is 10.1 Å². The van der Waals surface area contributed by atoms with Crippen LogP contribution in [0, 0.1) is 11.3 Å². The summed E-state index contributed by atoms with van der Waals surface area (Å²) in [6.45, 7) is 0. The summed E-state index contributed by atoms with van der Waals surface area (Å²) in [5.74, 6) is 0.253. The maximum atomic E-state index is 12.3. The minimum atomic E-state index is -0.460. The number of hydrogen-bond acceptors (Lipinski definition) is 5. The molecule has 25 heavy (non-hydrogen) atoms. The zero-order valence-corrected chi connectivity index (χ0v) is 14.6. The molecule has 0 N–H and O–H groups in total. The van der Waals surface area contributed by atoms with E-state index < -0.39 is 5.91 Å². The van der Waals surface area contributed by atoms with Crippen molar-refractivity contribution in [2.75, 3.05) is 7.11 Å². The summed E-state index contributed by atoms with van der Waals surface area (Å²) in [5.41, 5.74) is 1.21. The molecule has 3 rings (SSSR count). The number of carbonyl (C=O) groups is 1. The second kappa shape index (κ2) is 7.30. The quantitative estimate of drug-likeness (QED) is 0.709. The summed E-state index contributed by atoms with van der Waals surface area (Å²) >= 11 is 6.92. The molecule has 1 aromatic heterocycles. The molecule has 0 saturated heterocycles. The first-order chi connectivity index (χ1) is 12.1. The van der Waals surface area contributed by atoms with Gasteiger partial charge in [-0.3, -0.25) is 4.79 Å². The van der Waals surface area contributed by atoms with Gasteiger partial charge in [0.1, 0.15) is 11.8 Å². The highest BCUT2D eigenvalue weighted by Crippen LogP contribution is 2.15. The summed E-state index contributed by atoms with van der Waals surface area (Å²) in [4.78, 5) is 16.3. The lowest BCUT2D eigenvalue weighted by atomic mass is 10.2. The van der Waals surface area contributed by atoms with Crippen LogP contribution in [0.3, 0.4) is 0 Å². The fourth-order valence-electron chi connectivity index (χ4n) is 1.99. The predicted octanol–water partition coefficient (Wildman–Crippen LogP) is 3.21. The van der Waals surface area contributed by atoms with E-state index in [1.54, 1.807) is 55.6 Å². The predicted molar refractivity (Wildman–Crippen MR) is 94.1 cm³/mol. The zero-order valence-electron chi connectivity index (χ0n) is 13.0. The SMILES string of the molecule is COc1ccc(-n2nc(C#N)c(=NC(=O)c3ccc(Cl)cc3)s2)cc1. The monoisotopic (exact) mass is 370 g/mol. The minimum absolute atomic E-state index is 0.0862. The van der Waals surface area contributed by atoms with Crippen LogP contribution < -0.4 is 9.41 Å². The van der Waals surface area contributed by atoms with Crippen LogP contribution in [0.1, 0.15) is 16.1 Å². The van der Waals surface area contributed by atoms with Crippen molar-refractivity contribution in [2.45, 2.75) is 0 Å². The van der Waals surface area contributed by atoms with Crippen molar-refractivity contribution < 1.29 is 9.53 Å². The lowest BCUT2D eigenvalue weighted by molar-refractivity contribution is 0.0999. The highest BCUT2D eigenvalue weighted by Gasteiger charge is 2.10. The van der Waals surface area contributed by atoms with Gasteiger partial charge in [0.2, 0.25) is 0 Å². The van der Waals surface area contributed by atoms with Gasteiger partial charge in [0.25, 0.3) is 5.91 Å². The topological polar surface area (TPSA) is 80.3 Å². The van der Waals surface area contributed by atoms with E-state index in [4.69, 9.17) is 16.3 Å². The van der Waals surface area contributed by atoms with Crippen LogP contribution in [-0.4, -0.2) is 22.2 Å². The summed E-state index contributed by atoms with van der Waals surface area (Å²) in [7, 11) is 1.58. The van der Waals surface area contributed by atoms with E-state index in [1.807, 2.05) is 6.07 Å². The number of methoxy groups -OCH3 is 1. The first-order valence-corrected chi connectivity index (χ1v) is 8.25. The molecule has 0 unspecified atom stereocenters. The Labute approximate surface area is 152 Å². The Morgan fingerprint density at radius 1 is 1.24 bits per heavy atom. The fraction of sp³-hybridized carbons (Fsp3) is 0.0588. The molecule has 2 aromatic carbocycles. The molecular formula is C17H11ClN4O2S. The van der Waals surface area contributed by atoms with Gasteiger partial charge < -0.3 is 4.74 Å². The van der Waals surface area contributed by atoms with Crippen LogP contribution in [-0.2, 0) is 0 Å². The average Bonchev–Trinajstić information content (AvgIpc) is 3.05. The van der Waals surface area contributed by atoms with Gasteiger partial charge in [-0.05, 0) is 60.1 Å². The van der Waals surface area contributed by atoms with E-state index in [1.165, 1.54) is 4.07 Å². The van der Waals surface area contributed by atoms with Gasteiger partial charge in [0.15, 0.2) is 10.4 Å². The van der Waals surface area contributed by atoms with Gasteiger partial charge in [-0.25, -0.2) is 0 Å². The molecule has 0 radical (unpaired) electrons. The summed E-state index contributed by atoms with van der Waals surface area (Å²) < 4.78 is 6.90. The van der Waals surface area contributed by atoms with E-state index in [0.717, 1.165) is 17.2 Å². The van der Waals surface area contributed by atoms with E-state index in [0.29, 0.717) is 16.3 Å². The number of hydrogen-bond donors (Lipinski definition) is 0. The normalized spacial score (nSPS) is 11.2. The summed E-state index contributed by atoms with van der Waals surface area (Å²) in [5, 5.41) is 14.0. The highest BCUT2D eigenvalue weighted by molar-refractivity contribution is 7.04. The third kappa shape index (κ3) is 3.76. The van der Waals surface area contributed by atoms with Crippen molar-refractivity contribution >= 4 is 29.0 Å². The Bertz CT molecular complexity index is 1010. The molecule has 0 fully saturated rings. The molecule has 3 aromatic rings. The van der Waals surface area contributed by atoms with Crippen molar-refractivity contribution in [3.63, 3.8) is 0 Å². The Hall–Kier alpha value is -2.95. The van der Waals surface area contributed by atoms with Crippen molar-refractivity contribution in [2.24, 2.45) is 4.99 Å². The van der Waals surface area contributed by atoms with Gasteiger partial charge >= 0.3 is 0 Å². The number of rotatable bonds is 3. The third-order valence-electron chi connectivity index (χ3n) is 3.26. The molecule has 6 nitrogen and oxygen atoms in total. The lowest BCUT2D eigenvalue weighted by Crippen LogP contribution is -2.05. The van der Waals surface area contributed by atoms with Crippen molar-refractivity contribution in [3.05, 3.63) is 69.5 Å². The lowest BCUT2D eigenvalue weighted by Gasteiger charge is -2.01. The molecule has 0 aliphatic rings. The fourth-order valence-corrected chi connectivity index (χ4v) is 2.93. The van der Waals surface area contributed by atoms with Crippen LogP contribution in [0.25, 0.3) is 5.69 Å². The largest absolute Gasteiger partial charge is 0.497 e. The summed E-state index contributed by atoms with van der Waals surface area (Å²) in [6, 6.07) is 15.5. The van der Waals surface area contributed by atoms with Crippen LogP contribution >= 0.6 is 23.1 Å². The smallest absolute Gasteiger partial charge is 0.278 e. The van der Waals surface area contributed by atoms with E-state index >= 15 is 0 Å². The molecule has 0 atom stereocenters. The molecule has 124 valence electrons. The first-order valence-electron chi connectivity index (χ1n) is 7.10. The standard InChI is InChI=1S/C17H11ClN4O2S/c1-24-14-8-6-13(7-9-14)22-21-15(10-19)17(25-22)20-16(23)11-2-4-12(18)5-3-11/h2-9H,1H3. The maximum Gasteiger partial charge on any atom is 0.278 e. The minimum Gasteiger partial charge on any atom is -0.497 e. The number of aromatic nitrogens is 2. The number of ether oxygens (including phenoxy) is 1. The zero-order chi connectivity index (χ0) is 17.8. The second-order valence-electron chi connectivity index (χ2n) is 4.85. The van der Waals surface area contributed by atoms with Crippen molar-refractivity contribution in [1.29, 1.82) is 5.26 Å². The number of amides is 1. The van der Waals surface area contributed by atoms with Crippen LogP contribution in [0.4, 0.5) is 0 Å². The third-order valence-corrected chi connectivity index (χ3v) is 4.43. The van der Waals surface area contributed by atoms with E-state index in [-0.39, 0.29) is 10.4 Å². The first kappa shape index (κ1) is 16.9. The Kier molecular flexibility index (Phi) is 4.93. The van der Waals surface area contributed by atoms with Crippen molar-refractivity contribution in [3.8, 4) is 17.5 Å². The molecule has 0 aliphatic carbocycles. The molecule has 1 heterocycles. The number of carbonyl (C=O) groups excluding carboxylic acids is 1. The Balaban J connectivity index is 1.98. The van der Waals surface area contributed by atoms with Gasteiger partial charge in [-0.15, -0.1) is 5.10 Å². The molecule has 0 aliphatic heterocycles. The van der Waals surface area contributed by atoms with Gasteiger partial charge in [-0.2, -0.15) is 14.3 Å². The van der Waals surface area contributed by atoms with Gasteiger partial charge in [0.05, 0.1) is 12.8 Å². The number of nitrogens with zero attached hydrogens (tertiary/aromatic N) is 4. The second-order valence-corrected chi connectivity index (χ2v) is 6.20. The number of nitriles is 1. The van der Waals surface area contributed by atoms with E-state index in [2.05, 4.69) is 10.1 Å². The molecule has 8 heteroatoms. The molecule has 0 saturated carbocycles. The van der Waals surface area contributed by atoms with Crippen LogP contribution in [0.5, 0.6) is 5.75 Å². The van der Waals surface area contributed by atoms with Crippen LogP contribution in [0.15, 0.2) is 53.5 Å². The molecule has 0 bridgehead atoms. The molecule has 1 amide bonds. The molecular weight excluding hydrogens is 360 g/mol. The molecule has 0 spiro atoms. The average molecular weight is 371 g/mol. The Morgan fingerprint density at radius 2 is 1.92 bits per heavy atom.